The molecule has 0 saturated heterocycles. The second-order valence-electron chi connectivity index (χ2n) is 5.75. The Kier molecular flexibility index (Phi) is 6.93. The Morgan fingerprint density at radius 1 is 0.852 bits per heavy atom. The van der Waals surface area contributed by atoms with Crippen molar-refractivity contribution in [3.63, 3.8) is 0 Å². The Bertz CT molecular complexity index is 1020. The lowest BCUT2D eigenvalue weighted by atomic mass is 10.2. The molecule has 3 aromatic rings. The van der Waals surface area contributed by atoms with Gasteiger partial charge in [0.05, 0.1) is 11.5 Å². The molecule has 0 aromatic heterocycles. The summed E-state index contributed by atoms with van der Waals surface area (Å²) in [4.78, 5) is 2.15. The van der Waals surface area contributed by atoms with Crippen LogP contribution in [0.4, 0.5) is 0 Å². The molecule has 0 saturated carbocycles. The highest BCUT2D eigenvalue weighted by Crippen LogP contribution is 2.33. The van der Waals surface area contributed by atoms with Gasteiger partial charge in [-0.3, -0.25) is 0 Å². The van der Waals surface area contributed by atoms with Crippen molar-refractivity contribution in [3.05, 3.63) is 87.5 Å². The summed E-state index contributed by atoms with van der Waals surface area (Å²) in [5.74, 6) is 0. The van der Waals surface area contributed by atoms with Crippen LogP contribution in [0.25, 0.3) is 0 Å². The van der Waals surface area contributed by atoms with E-state index in [-0.39, 0.29) is 18.0 Å². The van der Waals surface area contributed by atoms with E-state index >= 15 is 0 Å². The van der Waals surface area contributed by atoms with Crippen LogP contribution in [0, 0.1) is 3.57 Å². The van der Waals surface area contributed by atoms with Crippen molar-refractivity contribution in [3.8, 4) is 0 Å². The molecule has 0 amide bonds. The van der Waals surface area contributed by atoms with Gasteiger partial charge in [0.1, 0.15) is 0 Å². The van der Waals surface area contributed by atoms with E-state index in [1.54, 1.807) is 24.3 Å². The van der Waals surface area contributed by atoms with E-state index in [1.165, 1.54) is 11.8 Å². The van der Waals surface area contributed by atoms with Crippen molar-refractivity contribution >= 4 is 44.4 Å². The zero-order valence-electron chi connectivity index (χ0n) is 14.3. The molecule has 0 bridgehead atoms. The Balaban J connectivity index is 1.79. The van der Waals surface area contributed by atoms with E-state index in [0.29, 0.717) is 0 Å². The zero-order chi connectivity index (χ0) is 19.3. The lowest BCUT2D eigenvalue weighted by Gasteiger charge is -2.12. The van der Waals surface area contributed by atoms with Crippen LogP contribution in [0.15, 0.2) is 87.5 Å². The number of nitrogens with one attached hydrogen (secondary N) is 1. The van der Waals surface area contributed by atoms with Gasteiger partial charge in [-0.25, -0.2) is 13.1 Å². The van der Waals surface area contributed by atoms with Gasteiger partial charge in [0.25, 0.3) is 0 Å². The topological polar surface area (TPSA) is 66.4 Å². The third-order valence-electron chi connectivity index (χ3n) is 3.91. The second-order valence-corrected chi connectivity index (χ2v) is 9.85. The van der Waals surface area contributed by atoms with Crippen LogP contribution in [0.3, 0.4) is 0 Å². The summed E-state index contributed by atoms with van der Waals surface area (Å²) in [6.07, 6.45) is 0. The molecule has 140 valence electrons. The molecule has 27 heavy (non-hydrogen) atoms. The number of aliphatic hydroxyl groups is 1. The van der Waals surface area contributed by atoms with Crippen LogP contribution in [-0.4, -0.2) is 13.5 Å². The number of rotatable bonds is 7. The van der Waals surface area contributed by atoms with Crippen LogP contribution < -0.4 is 4.72 Å². The molecule has 0 fully saturated rings. The Labute approximate surface area is 177 Å². The lowest BCUT2D eigenvalue weighted by Crippen LogP contribution is -2.23. The van der Waals surface area contributed by atoms with Gasteiger partial charge in [-0.1, -0.05) is 48.2 Å². The van der Waals surface area contributed by atoms with Crippen LogP contribution in [0.1, 0.15) is 11.1 Å². The van der Waals surface area contributed by atoms with Crippen molar-refractivity contribution in [2.24, 2.45) is 0 Å². The van der Waals surface area contributed by atoms with E-state index in [1.807, 2.05) is 48.5 Å². The second kappa shape index (κ2) is 9.20. The summed E-state index contributed by atoms with van der Waals surface area (Å²) in [6, 6.07) is 22.0. The van der Waals surface area contributed by atoms with Gasteiger partial charge in [0.2, 0.25) is 10.0 Å². The maximum atomic E-state index is 12.5. The van der Waals surface area contributed by atoms with Crippen molar-refractivity contribution in [1.29, 1.82) is 0 Å². The zero-order valence-corrected chi connectivity index (χ0v) is 18.1. The average Bonchev–Trinajstić information content (AvgIpc) is 2.68. The van der Waals surface area contributed by atoms with Gasteiger partial charge in [0.15, 0.2) is 0 Å². The van der Waals surface area contributed by atoms with E-state index in [2.05, 4.69) is 27.3 Å². The molecule has 7 heteroatoms. The van der Waals surface area contributed by atoms with Gasteiger partial charge in [0, 0.05) is 19.9 Å². The summed E-state index contributed by atoms with van der Waals surface area (Å²) >= 11 is 3.66. The summed E-state index contributed by atoms with van der Waals surface area (Å²) in [6.45, 7) is 0.156. The molecule has 0 radical (unpaired) electrons. The van der Waals surface area contributed by atoms with Gasteiger partial charge in [-0.05, 0) is 70.1 Å². The van der Waals surface area contributed by atoms with Crippen LogP contribution >= 0.6 is 34.4 Å². The Morgan fingerprint density at radius 3 is 2.04 bits per heavy atom. The molecule has 0 aliphatic rings. The van der Waals surface area contributed by atoms with Crippen molar-refractivity contribution in [1.82, 2.24) is 4.72 Å². The number of halogens is 1. The highest BCUT2D eigenvalue weighted by atomic mass is 127. The van der Waals surface area contributed by atoms with Crippen molar-refractivity contribution < 1.29 is 13.5 Å². The third kappa shape index (κ3) is 5.32. The first-order chi connectivity index (χ1) is 13.0. The molecule has 4 nitrogen and oxygen atoms in total. The minimum atomic E-state index is -3.58. The minimum absolute atomic E-state index is 0.0369. The largest absolute Gasteiger partial charge is 0.392 e. The highest BCUT2D eigenvalue weighted by molar-refractivity contribution is 14.1. The smallest absolute Gasteiger partial charge is 0.240 e. The molecule has 0 aliphatic carbocycles. The summed E-state index contributed by atoms with van der Waals surface area (Å²) in [7, 11) is -3.58. The molecule has 3 aromatic carbocycles. The molecule has 0 heterocycles. The quantitative estimate of drug-likeness (QED) is 0.462. The third-order valence-corrected chi connectivity index (χ3v) is 7.28. The molecule has 3 rings (SSSR count). The Hall–Kier alpha value is -1.39. The van der Waals surface area contributed by atoms with Gasteiger partial charge >= 0.3 is 0 Å². The fourth-order valence-corrected chi connectivity index (χ4v) is 4.90. The van der Waals surface area contributed by atoms with E-state index in [4.69, 9.17) is 0 Å². The minimum Gasteiger partial charge on any atom is -0.392 e. The lowest BCUT2D eigenvalue weighted by molar-refractivity contribution is 0.279. The fourth-order valence-electron chi connectivity index (χ4n) is 2.47. The van der Waals surface area contributed by atoms with Crippen LogP contribution in [0.5, 0.6) is 0 Å². The highest BCUT2D eigenvalue weighted by Gasteiger charge is 2.15. The molecular formula is C20H18INO3S2. The predicted octanol–water partition coefficient (Wildman–Crippen LogP) is 4.41. The predicted molar refractivity (Wildman–Crippen MR) is 116 cm³/mol. The van der Waals surface area contributed by atoms with Gasteiger partial charge < -0.3 is 5.11 Å². The maximum absolute atomic E-state index is 12.5. The summed E-state index contributed by atoms with van der Waals surface area (Å²) in [5, 5.41) is 9.52. The number of benzene rings is 3. The standard InChI is InChI=1S/C20H18INO3S2/c21-17-9-11-18(12-10-17)27(24,25)22-13-15-5-1-3-7-19(15)26-20-8-4-2-6-16(20)14-23/h1-12,22-23H,13-14H2. The maximum Gasteiger partial charge on any atom is 0.240 e. The molecule has 0 aliphatic heterocycles. The summed E-state index contributed by atoms with van der Waals surface area (Å²) in [5.41, 5.74) is 1.72. The molecule has 2 N–H and O–H groups in total. The molecular weight excluding hydrogens is 493 g/mol. The van der Waals surface area contributed by atoms with E-state index < -0.39 is 10.0 Å². The summed E-state index contributed by atoms with van der Waals surface area (Å²) < 4.78 is 28.7. The van der Waals surface area contributed by atoms with Crippen molar-refractivity contribution in [2.75, 3.05) is 0 Å². The van der Waals surface area contributed by atoms with Gasteiger partial charge in [-0.2, -0.15) is 0 Å². The first kappa shape index (κ1) is 20.3. The molecule has 0 unspecified atom stereocenters. The number of hydrogen-bond donors (Lipinski definition) is 2. The van der Waals surface area contributed by atoms with Gasteiger partial charge in [-0.15, -0.1) is 0 Å². The first-order valence-corrected chi connectivity index (χ1v) is 11.6. The average molecular weight is 511 g/mol. The number of aliphatic hydroxyl groups excluding tert-OH is 1. The monoisotopic (exact) mass is 511 g/mol. The van der Waals surface area contributed by atoms with E-state index in [9.17, 15) is 13.5 Å². The number of hydrogen-bond acceptors (Lipinski definition) is 4. The van der Waals surface area contributed by atoms with Crippen LogP contribution in [0.2, 0.25) is 0 Å². The number of sulfonamides is 1. The first-order valence-electron chi connectivity index (χ1n) is 8.19. The van der Waals surface area contributed by atoms with Crippen LogP contribution in [-0.2, 0) is 23.2 Å². The SMILES string of the molecule is O=S(=O)(NCc1ccccc1Sc1ccccc1CO)c1ccc(I)cc1. The molecule has 0 spiro atoms. The molecule has 0 atom stereocenters. The Morgan fingerprint density at radius 2 is 1.41 bits per heavy atom. The normalized spacial score (nSPS) is 11.5. The fraction of sp³-hybridized carbons (Fsp3) is 0.100. The van der Waals surface area contributed by atoms with E-state index in [0.717, 1.165) is 24.5 Å². The van der Waals surface area contributed by atoms with Crippen molar-refractivity contribution in [2.45, 2.75) is 27.8 Å².